The molecule has 1 aromatic heterocycles. The van der Waals surface area contributed by atoms with Crippen LogP contribution in [0.2, 0.25) is 0 Å². The molecule has 0 radical (unpaired) electrons. The van der Waals surface area contributed by atoms with Crippen molar-refractivity contribution in [3.63, 3.8) is 0 Å². The van der Waals surface area contributed by atoms with Crippen molar-refractivity contribution in [2.45, 2.75) is 25.8 Å². The SMILES string of the molecule is C=C(CCCC(=C)NC)Cn1c(=C)ccc1=C. The van der Waals surface area contributed by atoms with E-state index in [0.29, 0.717) is 0 Å². The van der Waals surface area contributed by atoms with Gasteiger partial charge in [-0.25, -0.2) is 0 Å². The summed E-state index contributed by atoms with van der Waals surface area (Å²) < 4.78 is 2.09. The molecule has 0 aliphatic carbocycles. The molecule has 0 aliphatic heterocycles. The van der Waals surface area contributed by atoms with Crippen molar-refractivity contribution in [2.75, 3.05) is 7.05 Å². The van der Waals surface area contributed by atoms with Gasteiger partial charge in [0.25, 0.3) is 0 Å². The van der Waals surface area contributed by atoms with Crippen molar-refractivity contribution in [3.8, 4) is 0 Å². The summed E-state index contributed by atoms with van der Waals surface area (Å²) in [6, 6.07) is 3.97. The van der Waals surface area contributed by atoms with Crippen LogP contribution < -0.4 is 16.0 Å². The number of rotatable bonds is 7. The van der Waals surface area contributed by atoms with Gasteiger partial charge in [0.05, 0.1) is 0 Å². The number of nitrogens with zero attached hydrogens (tertiary/aromatic N) is 1. The van der Waals surface area contributed by atoms with Gasteiger partial charge in [-0.1, -0.05) is 31.9 Å². The molecule has 1 rings (SSSR count). The number of hydrogen-bond donors (Lipinski definition) is 1. The summed E-state index contributed by atoms with van der Waals surface area (Å²) in [5.41, 5.74) is 2.29. The molecular weight excluding hydrogens is 208 g/mol. The third kappa shape index (κ3) is 3.99. The maximum atomic E-state index is 4.11. The molecule has 0 saturated carbocycles. The first-order chi connectivity index (χ1) is 8.04. The first kappa shape index (κ1) is 13.4. The van der Waals surface area contributed by atoms with Crippen LogP contribution in [0.15, 0.2) is 36.6 Å². The zero-order valence-corrected chi connectivity index (χ0v) is 10.8. The minimum atomic E-state index is 0.816. The van der Waals surface area contributed by atoms with Gasteiger partial charge < -0.3 is 9.88 Å². The first-order valence-electron chi connectivity index (χ1n) is 5.90. The van der Waals surface area contributed by atoms with Crippen molar-refractivity contribution < 1.29 is 0 Å². The van der Waals surface area contributed by atoms with E-state index in [1.807, 2.05) is 19.2 Å². The van der Waals surface area contributed by atoms with Gasteiger partial charge in [0.15, 0.2) is 0 Å². The number of allylic oxidation sites excluding steroid dienone is 2. The van der Waals surface area contributed by atoms with E-state index in [1.165, 1.54) is 5.57 Å². The van der Waals surface area contributed by atoms with Crippen molar-refractivity contribution in [3.05, 3.63) is 47.3 Å². The zero-order valence-electron chi connectivity index (χ0n) is 10.8. The van der Waals surface area contributed by atoms with Crippen LogP contribution in [0.25, 0.3) is 13.2 Å². The average Bonchev–Trinajstić information content (AvgIpc) is 2.60. The standard InChI is InChI=1S/C15H22N2/c1-12(7-6-8-13(2)16-5)11-17-14(3)9-10-15(17)4/h9-10,16H,1-4,6-8,11H2,5H3. The van der Waals surface area contributed by atoms with Gasteiger partial charge in [-0.15, -0.1) is 0 Å². The summed E-state index contributed by atoms with van der Waals surface area (Å²) in [6.45, 7) is 16.8. The molecule has 0 atom stereocenters. The Hall–Kier alpha value is -1.70. The van der Waals surface area contributed by atoms with E-state index in [1.54, 1.807) is 0 Å². The number of aromatic nitrogens is 1. The second-order valence-corrected chi connectivity index (χ2v) is 4.36. The maximum Gasteiger partial charge on any atom is 0.0438 e. The Kier molecular flexibility index (Phi) is 4.83. The van der Waals surface area contributed by atoms with Crippen LogP contribution in [-0.4, -0.2) is 11.6 Å². The van der Waals surface area contributed by atoms with E-state index in [2.05, 4.69) is 36.2 Å². The lowest BCUT2D eigenvalue weighted by atomic mass is 10.1. The highest BCUT2D eigenvalue weighted by molar-refractivity contribution is 5.11. The van der Waals surface area contributed by atoms with E-state index in [0.717, 1.165) is 42.2 Å². The Labute approximate surface area is 104 Å². The number of nitrogens with one attached hydrogen (secondary N) is 1. The predicted octanol–water partition coefficient (Wildman–Crippen LogP) is 1.77. The fourth-order valence-corrected chi connectivity index (χ4v) is 1.74. The molecule has 92 valence electrons. The molecule has 2 heteroatoms. The van der Waals surface area contributed by atoms with Crippen LogP contribution in [-0.2, 0) is 6.54 Å². The summed E-state index contributed by atoms with van der Waals surface area (Å²) in [6.07, 6.45) is 3.09. The Morgan fingerprint density at radius 3 is 2.29 bits per heavy atom. The second kappa shape index (κ2) is 6.14. The van der Waals surface area contributed by atoms with Gasteiger partial charge in [0.1, 0.15) is 0 Å². The molecule has 1 aromatic rings. The monoisotopic (exact) mass is 230 g/mol. The van der Waals surface area contributed by atoms with Gasteiger partial charge >= 0.3 is 0 Å². The fourth-order valence-electron chi connectivity index (χ4n) is 1.74. The van der Waals surface area contributed by atoms with E-state index in [4.69, 9.17) is 0 Å². The Bertz CT molecular complexity index is 466. The first-order valence-corrected chi connectivity index (χ1v) is 5.90. The molecule has 2 nitrogen and oxygen atoms in total. The summed E-state index contributed by atoms with van der Waals surface area (Å²) in [5.74, 6) is 0. The topological polar surface area (TPSA) is 17.0 Å². The normalized spacial score (nSPS) is 10.2. The van der Waals surface area contributed by atoms with Crippen LogP contribution in [0.5, 0.6) is 0 Å². The quantitative estimate of drug-likeness (QED) is 0.706. The van der Waals surface area contributed by atoms with Crippen molar-refractivity contribution in [1.82, 2.24) is 9.88 Å². The average molecular weight is 230 g/mol. The molecule has 0 fully saturated rings. The van der Waals surface area contributed by atoms with Crippen LogP contribution >= 0.6 is 0 Å². The van der Waals surface area contributed by atoms with E-state index < -0.39 is 0 Å². The Balaban J connectivity index is 2.43. The van der Waals surface area contributed by atoms with Crippen molar-refractivity contribution in [2.24, 2.45) is 0 Å². The highest BCUT2D eigenvalue weighted by atomic mass is 15.0. The van der Waals surface area contributed by atoms with Crippen molar-refractivity contribution in [1.29, 1.82) is 0 Å². The third-order valence-corrected chi connectivity index (χ3v) is 2.91. The Morgan fingerprint density at radius 2 is 1.76 bits per heavy atom. The van der Waals surface area contributed by atoms with E-state index >= 15 is 0 Å². The second-order valence-electron chi connectivity index (χ2n) is 4.36. The fraction of sp³-hybridized carbons (Fsp3) is 0.333. The number of hydrogen-bond acceptors (Lipinski definition) is 1. The highest BCUT2D eigenvalue weighted by Crippen LogP contribution is 2.09. The van der Waals surface area contributed by atoms with Crippen LogP contribution in [0, 0.1) is 0 Å². The lowest BCUT2D eigenvalue weighted by Gasteiger charge is -2.09. The lowest BCUT2D eigenvalue weighted by Crippen LogP contribution is -2.25. The van der Waals surface area contributed by atoms with Crippen LogP contribution in [0.1, 0.15) is 19.3 Å². The summed E-state index contributed by atoms with van der Waals surface area (Å²) in [7, 11) is 1.90. The molecule has 0 saturated heterocycles. The van der Waals surface area contributed by atoms with Crippen molar-refractivity contribution >= 4 is 13.2 Å². The summed E-state index contributed by atoms with van der Waals surface area (Å²) >= 11 is 0. The zero-order chi connectivity index (χ0) is 12.8. The predicted molar refractivity (Wildman–Crippen MR) is 75.9 cm³/mol. The Morgan fingerprint density at radius 1 is 1.18 bits per heavy atom. The van der Waals surface area contributed by atoms with Gasteiger partial charge in [-0.3, -0.25) is 0 Å². The molecule has 0 spiro atoms. The van der Waals surface area contributed by atoms with E-state index in [-0.39, 0.29) is 0 Å². The van der Waals surface area contributed by atoms with Crippen LogP contribution in [0.3, 0.4) is 0 Å². The molecule has 17 heavy (non-hydrogen) atoms. The van der Waals surface area contributed by atoms with Gasteiger partial charge in [-0.2, -0.15) is 0 Å². The van der Waals surface area contributed by atoms with E-state index in [9.17, 15) is 0 Å². The smallest absolute Gasteiger partial charge is 0.0438 e. The minimum absolute atomic E-state index is 0.816. The van der Waals surface area contributed by atoms with Crippen LogP contribution in [0.4, 0.5) is 0 Å². The largest absolute Gasteiger partial charge is 0.392 e. The minimum Gasteiger partial charge on any atom is -0.392 e. The molecule has 0 bridgehead atoms. The van der Waals surface area contributed by atoms with Gasteiger partial charge in [0, 0.05) is 30.0 Å². The third-order valence-electron chi connectivity index (χ3n) is 2.91. The molecule has 1 N–H and O–H groups in total. The van der Waals surface area contributed by atoms with Gasteiger partial charge in [-0.05, 0) is 31.4 Å². The highest BCUT2D eigenvalue weighted by Gasteiger charge is 1.99. The molecule has 1 heterocycles. The summed E-state index contributed by atoms with van der Waals surface area (Å²) in [4.78, 5) is 0. The molecule has 0 aromatic carbocycles. The molecule has 0 amide bonds. The molecule has 0 aliphatic rings. The molecule has 0 unspecified atom stereocenters. The molecular formula is C15H22N2. The maximum absolute atomic E-state index is 4.11. The lowest BCUT2D eigenvalue weighted by molar-refractivity contribution is 0.681. The van der Waals surface area contributed by atoms with Gasteiger partial charge in [0.2, 0.25) is 0 Å². The summed E-state index contributed by atoms with van der Waals surface area (Å²) in [5, 5.41) is 5.05.